The average Bonchev–Trinajstić information content (AvgIpc) is 2.80. The molecule has 0 radical (unpaired) electrons. The number of benzene rings is 1. The highest BCUT2D eigenvalue weighted by Crippen LogP contribution is 2.41. The zero-order valence-electron chi connectivity index (χ0n) is 20.3. The van der Waals surface area contributed by atoms with Gasteiger partial charge in [-0.2, -0.15) is 0 Å². The van der Waals surface area contributed by atoms with Crippen molar-refractivity contribution in [3.05, 3.63) is 41.5 Å². The zero-order valence-corrected chi connectivity index (χ0v) is 20.3. The molecule has 0 bridgehead atoms. The monoisotopic (exact) mass is 486 g/mol. The van der Waals surface area contributed by atoms with Crippen LogP contribution in [0.15, 0.2) is 24.3 Å². The lowest BCUT2D eigenvalue weighted by atomic mass is 9.74. The van der Waals surface area contributed by atoms with E-state index in [1.165, 1.54) is 64.2 Å². The van der Waals surface area contributed by atoms with Gasteiger partial charge in [0.05, 0.1) is 0 Å². The first-order chi connectivity index (χ1) is 16.2. The molecule has 2 aliphatic carbocycles. The van der Waals surface area contributed by atoms with Gasteiger partial charge < -0.3 is 4.74 Å². The SMILES string of the molecule is C/C=C/CCCC[C@H]1CC[C@H](CC[C@H]2CC[C@H](c3cc(F)c(OC(F)(F)F)c(F)c3)CC2)CC1. The quantitative estimate of drug-likeness (QED) is 0.182. The van der Waals surface area contributed by atoms with Crippen molar-refractivity contribution in [3.8, 4) is 5.75 Å². The van der Waals surface area contributed by atoms with Crippen LogP contribution in [0.5, 0.6) is 5.75 Å². The molecule has 3 rings (SSSR count). The van der Waals surface area contributed by atoms with Crippen molar-refractivity contribution in [2.75, 3.05) is 0 Å². The zero-order chi connectivity index (χ0) is 24.6. The highest BCUT2D eigenvalue weighted by Gasteiger charge is 2.35. The van der Waals surface area contributed by atoms with E-state index in [1.54, 1.807) is 0 Å². The number of rotatable bonds is 10. The van der Waals surface area contributed by atoms with Crippen LogP contribution in [0.2, 0.25) is 0 Å². The Labute approximate surface area is 201 Å². The van der Waals surface area contributed by atoms with Crippen molar-refractivity contribution >= 4 is 0 Å². The van der Waals surface area contributed by atoms with Gasteiger partial charge >= 0.3 is 6.36 Å². The van der Waals surface area contributed by atoms with Gasteiger partial charge in [-0.15, -0.1) is 13.2 Å². The van der Waals surface area contributed by atoms with Crippen LogP contribution in [-0.4, -0.2) is 6.36 Å². The molecule has 2 aliphatic rings. The number of allylic oxidation sites excluding steroid dienone is 2. The Bertz CT molecular complexity index is 748. The summed E-state index contributed by atoms with van der Waals surface area (Å²) in [7, 11) is 0. The van der Waals surface area contributed by atoms with Crippen LogP contribution < -0.4 is 4.74 Å². The second-order valence-electron chi connectivity index (χ2n) is 10.4. The van der Waals surface area contributed by atoms with E-state index >= 15 is 0 Å². The van der Waals surface area contributed by atoms with Gasteiger partial charge in [-0.3, -0.25) is 0 Å². The molecule has 1 nitrogen and oxygen atoms in total. The van der Waals surface area contributed by atoms with Gasteiger partial charge in [0.2, 0.25) is 5.75 Å². The Morgan fingerprint density at radius 2 is 1.29 bits per heavy atom. The molecule has 6 heteroatoms. The van der Waals surface area contributed by atoms with E-state index in [0.717, 1.165) is 49.7 Å². The summed E-state index contributed by atoms with van der Waals surface area (Å²) >= 11 is 0. The molecule has 2 saturated carbocycles. The number of hydrogen-bond donors (Lipinski definition) is 0. The topological polar surface area (TPSA) is 9.23 Å². The van der Waals surface area contributed by atoms with E-state index in [1.807, 2.05) is 0 Å². The molecule has 0 saturated heterocycles. The third-order valence-corrected chi connectivity index (χ3v) is 7.97. The minimum Gasteiger partial charge on any atom is -0.399 e. The van der Waals surface area contributed by atoms with Crippen LogP contribution in [0.3, 0.4) is 0 Å². The fourth-order valence-corrected chi connectivity index (χ4v) is 5.95. The van der Waals surface area contributed by atoms with Crippen molar-refractivity contribution in [1.82, 2.24) is 0 Å². The lowest BCUT2D eigenvalue weighted by molar-refractivity contribution is -0.276. The lowest BCUT2D eigenvalue weighted by Crippen LogP contribution is -2.20. The summed E-state index contributed by atoms with van der Waals surface area (Å²) in [4.78, 5) is 0. The summed E-state index contributed by atoms with van der Waals surface area (Å²) in [5.74, 6) is -1.57. The molecule has 0 amide bonds. The largest absolute Gasteiger partial charge is 0.573 e. The maximum absolute atomic E-state index is 14.1. The maximum atomic E-state index is 14.1. The molecule has 0 unspecified atom stereocenters. The number of halogens is 5. The predicted molar refractivity (Wildman–Crippen MR) is 126 cm³/mol. The van der Waals surface area contributed by atoms with Crippen molar-refractivity contribution in [1.29, 1.82) is 0 Å². The van der Waals surface area contributed by atoms with Crippen LogP contribution in [0.4, 0.5) is 22.0 Å². The first kappa shape index (κ1) is 27.0. The van der Waals surface area contributed by atoms with Crippen LogP contribution in [0.1, 0.15) is 108 Å². The summed E-state index contributed by atoms with van der Waals surface area (Å²) in [5.41, 5.74) is 0.437. The van der Waals surface area contributed by atoms with Crippen LogP contribution in [0, 0.1) is 29.4 Å². The molecule has 2 fully saturated rings. The van der Waals surface area contributed by atoms with E-state index in [2.05, 4.69) is 23.8 Å². The normalized spacial score (nSPS) is 26.2. The minimum atomic E-state index is -5.12. The number of hydrogen-bond acceptors (Lipinski definition) is 1. The van der Waals surface area contributed by atoms with Gasteiger partial charge in [0.1, 0.15) is 0 Å². The molecular weight excluding hydrogens is 447 g/mol. The summed E-state index contributed by atoms with van der Waals surface area (Å²) < 4.78 is 68.7. The fourth-order valence-electron chi connectivity index (χ4n) is 5.95. The molecule has 0 aromatic heterocycles. The smallest absolute Gasteiger partial charge is 0.399 e. The lowest BCUT2D eigenvalue weighted by Gasteiger charge is -2.32. The van der Waals surface area contributed by atoms with Crippen molar-refractivity contribution in [2.45, 2.75) is 109 Å². The standard InChI is InChI=1S/C28H39F5O/c1-2-3-4-5-6-7-20-8-10-21(11-9-20)12-13-22-14-16-23(17-15-22)24-18-25(29)27(26(30)19-24)34-28(31,32)33/h2-3,18-23H,4-17H2,1H3/b3-2+/t20-,21-,22-,23-. The Hall–Kier alpha value is -1.59. The molecule has 0 atom stereocenters. The Morgan fingerprint density at radius 3 is 1.79 bits per heavy atom. The van der Waals surface area contributed by atoms with E-state index in [-0.39, 0.29) is 5.92 Å². The minimum absolute atomic E-state index is 0.0107. The Kier molecular flexibility index (Phi) is 10.3. The van der Waals surface area contributed by atoms with Crippen LogP contribution in [-0.2, 0) is 0 Å². The molecule has 0 spiro atoms. The van der Waals surface area contributed by atoms with Crippen molar-refractivity contribution < 1.29 is 26.7 Å². The maximum Gasteiger partial charge on any atom is 0.573 e. The first-order valence-electron chi connectivity index (χ1n) is 13.1. The molecule has 1 aromatic rings. The van der Waals surface area contributed by atoms with E-state index in [0.29, 0.717) is 11.5 Å². The second-order valence-corrected chi connectivity index (χ2v) is 10.4. The van der Waals surface area contributed by atoms with Gasteiger partial charge in [-0.1, -0.05) is 63.5 Å². The van der Waals surface area contributed by atoms with Crippen LogP contribution in [0.25, 0.3) is 0 Å². The molecule has 34 heavy (non-hydrogen) atoms. The van der Waals surface area contributed by atoms with Crippen molar-refractivity contribution in [3.63, 3.8) is 0 Å². The third kappa shape index (κ3) is 8.57. The second kappa shape index (κ2) is 12.9. The molecule has 192 valence electrons. The molecule has 0 N–H and O–H groups in total. The fraction of sp³-hybridized carbons (Fsp3) is 0.714. The average molecular weight is 487 g/mol. The predicted octanol–water partition coefficient (Wildman–Crippen LogP) is 9.86. The van der Waals surface area contributed by atoms with Gasteiger partial charge in [-0.25, -0.2) is 8.78 Å². The summed E-state index contributed by atoms with van der Waals surface area (Å²) in [6, 6.07) is 2.02. The summed E-state index contributed by atoms with van der Waals surface area (Å²) in [6.07, 6.45) is 16.1. The summed E-state index contributed by atoms with van der Waals surface area (Å²) in [6.45, 7) is 2.08. The molecule has 0 heterocycles. The van der Waals surface area contributed by atoms with Gasteiger partial charge in [-0.05, 0) is 86.8 Å². The Morgan fingerprint density at radius 1 is 0.794 bits per heavy atom. The van der Waals surface area contributed by atoms with Gasteiger partial charge in [0.15, 0.2) is 11.6 Å². The third-order valence-electron chi connectivity index (χ3n) is 7.97. The first-order valence-corrected chi connectivity index (χ1v) is 13.1. The number of unbranched alkanes of at least 4 members (excludes halogenated alkanes) is 2. The van der Waals surface area contributed by atoms with E-state index in [9.17, 15) is 22.0 Å². The van der Waals surface area contributed by atoms with Gasteiger partial charge in [0.25, 0.3) is 0 Å². The van der Waals surface area contributed by atoms with Gasteiger partial charge in [0, 0.05) is 0 Å². The summed E-state index contributed by atoms with van der Waals surface area (Å²) in [5, 5.41) is 0. The van der Waals surface area contributed by atoms with Crippen LogP contribution >= 0.6 is 0 Å². The number of alkyl halides is 3. The van der Waals surface area contributed by atoms with E-state index < -0.39 is 23.7 Å². The van der Waals surface area contributed by atoms with E-state index in [4.69, 9.17) is 0 Å². The molecule has 1 aromatic carbocycles. The molecular formula is C28H39F5O. The number of ether oxygens (including phenoxy) is 1. The molecule has 0 aliphatic heterocycles. The highest BCUT2D eigenvalue weighted by atomic mass is 19.4. The highest BCUT2D eigenvalue weighted by molar-refractivity contribution is 5.33. The van der Waals surface area contributed by atoms with Crippen molar-refractivity contribution in [2.24, 2.45) is 17.8 Å². The Balaban J connectivity index is 1.36.